The van der Waals surface area contributed by atoms with Crippen molar-refractivity contribution in [2.24, 2.45) is 0 Å². The fourth-order valence-electron chi connectivity index (χ4n) is 1.51. The number of hydrogen-bond acceptors (Lipinski definition) is 3. The zero-order chi connectivity index (χ0) is 14.1. The zero-order valence-corrected chi connectivity index (χ0v) is 11.5. The summed E-state index contributed by atoms with van der Waals surface area (Å²) in [7, 11) is 0. The number of pyridine rings is 1. The number of amides is 2. The number of nitrogens with one attached hydrogen (secondary N) is 2. The standard InChI is InChI=1S/C14H21N3O2/c1-3-5-7-17-14(19)12-8-11(9-15-10-12)13(18)16-6-4-2/h8-10H,3-7H2,1-2H3,(H,16,18)(H,17,19). The Labute approximate surface area is 113 Å². The molecule has 0 fully saturated rings. The molecule has 0 spiro atoms. The molecule has 0 aromatic carbocycles. The number of nitrogens with zero attached hydrogens (tertiary/aromatic N) is 1. The van der Waals surface area contributed by atoms with E-state index < -0.39 is 0 Å². The van der Waals surface area contributed by atoms with Gasteiger partial charge >= 0.3 is 0 Å². The summed E-state index contributed by atoms with van der Waals surface area (Å²) in [6.07, 6.45) is 5.77. The Morgan fingerprint density at radius 2 is 1.58 bits per heavy atom. The van der Waals surface area contributed by atoms with E-state index in [1.54, 1.807) is 6.07 Å². The molecule has 0 aliphatic rings. The fraction of sp³-hybridized carbons (Fsp3) is 0.500. The third-order valence-electron chi connectivity index (χ3n) is 2.61. The molecule has 0 unspecified atom stereocenters. The monoisotopic (exact) mass is 263 g/mol. The van der Waals surface area contributed by atoms with Crippen molar-refractivity contribution in [3.8, 4) is 0 Å². The van der Waals surface area contributed by atoms with Gasteiger partial charge in [-0.25, -0.2) is 0 Å². The van der Waals surface area contributed by atoms with Crippen LogP contribution in [0.15, 0.2) is 18.5 Å². The summed E-state index contributed by atoms with van der Waals surface area (Å²) in [5, 5.41) is 5.55. The minimum absolute atomic E-state index is 0.189. The van der Waals surface area contributed by atoms with Crippen LogP contribution in [0.5, 0.6) is 0 Å². The van der Waals surface area contributed by atoms with Crippen LogP contribution in [-0.2, 0) is 0 Å². The minimum Gasteiger partial charge on any atom is -0.352 e. The largest absolute Gasteiger partial charge is 0.352 e. The lowest BCUT2D eigenvalue weighted by molar-refractivity contribution is 0.0952. The Morgan fingerprint density at radius 3 is 2.11 bits per heavy atom. The highest BCUT2D eigenvalue weighted by Gasteiger charge is 2.10. The number of carbonyl (C=O) groups excluding carboxylic acids is 2. The highest BCUT2D eigenvalue weighted by atomic mass is 16.2. The van der Waals surface area contributed by atoms with E-state index in [0.29, 0.717) is 24.2 Å². The Hall–Kier alpha value is -1.91. The number of hydrogen-bond donors (Lipinski definition) is 2. The maximum absolute atomic E-state index is 11.8. The number of unbranched alkanes of at least 4 members (excludes halogenated alkanes) is 1. The Kier molecular flexibility index (Phi) is 6.57. The molecule has 1 aromatic rings. The Balaban J connectivity index is 2.65. The second-order valence-corrected chi connectivity index (χ2v) is 4.33. The predicted molar refractivity (Wildman–Crippen MR) is 74.1 cm³/mol. The van der Waals surface area contributed by atoms with Crippen LogP contribution >= 0.6 is 0 Å². The normalized spacial score (nSPS) is 10.0. The summed E-state index contributed by atoms with van der Waals surface area (Å²) in [4.78, 5) is 27.5. The molecule has 5 heteroatoms. The summed E-state index contributed by atoms with van der Waals surface area (Å²) < 4.78 is 0. The van der Waals surface area contributed by atoms with E-state index in [4.69, 9.17) is 0 Å². The number of rotatable bonds is 7. The molecule has 0 aliphatic heterocycles. The summed E-state index contributed by atoms with van der Waals surface area (Å²) in [6.45, 7) is 5.30. The van der Waals surface area contributed by atoms with Gasteiger partial charge in [0.15, 0.2) is 0 Å². The molecule has 0 bridgehead atoms. The molecule has 1 rings (SSSR count). The lowest BCUT2D eigenvalue weighted by Gasteiger charge is -2.06. The van der Waals surface area contributed by atoms with Crippen molar-refractivity contribution < 1.29 is 9.59 Å². The fourth-order valence-corrected chi connectivity index (χ4v) is 1.51. The van der Waals surface area contributed by atoms with Gasteiger partial charge in [0.2, 0.25) is 0 Å². The summed E-state index contributed by atoms with van der Waals surface area (Å²) in [5.41, 5.74) is 0.830. The lowest BCUT2D eigenvalue weighted by atomic mass is 10.2. The molecule has 0 radical (unpaired) electrons. The van der Waals surface area contributed by atoms with Gasteiger partial charge in [-0.2, -0.15) is 0 Å². The van der Waals surface area contributed by atoms with Crippen molar-refractivity contribution in [1.29, 1.82) is 0 Å². The van der Waals surface area contributed by atoms with Gasteiger partial charge in [-0.1, -0.05) is 20.3 Å². The molecule has 2 N–H and O–H groups in total. The van der Waals surface area contributed by atoms with Crippen LogP contribution in [0.4, 0.5) is 0 Å². The molecule has 0 saturated heterocycles. The van der Waals surface area contributed by atoms with Crippen molar-refractivity contribution in [2.75, 3.05) is 13.1 Å². The maximum atomic E-state index is 11.8. The third-order valence-corrected chi connectivity index (χ3v) is 2.61. The van der Waals surface area contributed by atoms with Crippen molar-refractivity contribution in [3.05, 3.63) is 29.6 Å². The number of aromatic nitrogens is 1. The van der Waals surface area contributed by atoms with Gasteiger partial charge in [0, 0.05) is 25.5 Å². The van der Waals surface area contributed by atoms with Crippen molar-refractivity contribution in [3.63, 3.8) is 0 Å². The van der Waals surface area contributed by atoms with Gasteiger partial charge in [-0.05, 0) is 18.9 Å². The molecule has 0 saturated carbocycles. The van der Waals surface area contributed by atoms with Crippen LogP contribution in [0.25, 0.3) is 0 Å². The molecule has 0 aliphatic carbocycles. The van der Waals surface area contributed by atoms with E-state index in [9.17, 15) is 9.59 Å². The topological polar surface area (TPSA) is 71.1 Å². The van der Waals surface area contributed by atoms with Gasteiger partial charge in [0.25, 0.3) is 11.8 Å². The van der Waals surface area contributed by atoms with E-state index in [2.05, 4.69) is 22.5 Å². The zero-order valence-electron chi connectivity index (χ0n) is 11.5. The average molecular weight is 263 g/mol. The second kappa shape index (κ2) is 8.24. The molecule has 2 amide bonds. The van der Waals surface area contributed by atoms with E-state index in [-0.39, 0.29) is 11.8 Å². The first-order valence-electron chi connectivity index (χ1n) is 6.70. The van der Waals surface area contributed by atoms with Gasteiger partial charge < -0.3 is 10.6 Å². The molecule has 0 atom stereocenters. The molecular formula is C14H21N3O2. The quantitative estimate of drug-likeness (QED) is 0.736. The molecule has 19 heavy (non-hydrogen) atoms. The first kappa shape index (κ1) is 15.1. The lowest BCUT2D eigenvalue weighted by Crippen LogP contribution is -2.27. The van der Waals surface area contributed by atoms with Gasteiger partial charge in [0.05, 0.1) is 11.1 Å². The van der Waals surface area contributed by atoms with Crippen LogP contribution in [-0.4, -0.2) is 29.9 Å². The van der Waals surface area contributed by atoms with Crippen LogP contribution < -0.4 is 10.6 Å². The van der Waals surface area contributed by atoms with Crippen LogP contribution in [0.2, 0.25) is 0 Å². The molecule has 1 heterocycles. The predicted octanol–water partition coefficient (Wildman–Crippen LogP) is 1.75. The Morgan fingerprint density at radius 1 is 1.00 bits per heavy atom. The minimum atomic E-state index is -0.197. The third kappa shape index (κ3) is 5.07. The van der Waals surface area contributed by atoms with Gasteiger partial charge in [-0.3, -0.25) is 14.6 Å². The van der Waals surface area contributed by atoms with Crippen LogP contribution in [0.3, 0.4) is 0 Å². The van der Waals surface area contributed by atoms with Crippen molar-refractivity contribution >= 4 is 11.8 Å². The first-order valence-corrected chi connectivity index (χ1v) is 6.70. The van der Waals surface area contributed by atoms with Gasteiger partial charge in [0.1, 0.15) is 0 Å². The summed E-state index contributed by atoms with van der Waals surface area (Å²) >= 11 is 0. The molecule has 104 valence electrons. The van der Waals surface area contributed by atoms with Gasteiger partial charge in [-0.15, -0.1) is 0 Å². The second-order valence-electron chi connectivity index (χ2n) is 4.33. The Bertz CT molecular complexity index is 432. The molecule has 1 aromatic heterocycles. The highest BCUT2D eigenvalue weighted by Crippen LogP contribution is 2.03. The SMILES string of the molecule is CCCCNC(=O)c1cncc(C(=O)NCCC)c1. The van der Waals surface area contributed by atoms with E-state index >= 15 is 0 Å². The smallest absolute Gasteiger partial charge is 0.252 e. The molecule has 5 nitrogen and oxygen atoms in total. The number of carbonyl (C=O) groups is 2. The first-order chi connectivity index (χ1) is 9.19. The molecular weight excluding hydrogens is 242 g/mol. The maximum Gasteiger partial charge on any atom is 0.252 e. The van der Waals surface area contributed by atoms with Crippen molar-refractivity contribution in [2.45, 2.75) is 33.1 Å². The van der Waals surface area contributed by atoms with E-state index in [1.807, 2.05) is 6.92 Å². The summed E-state index contributed by atoms with van der Waals surface area (Å²) in [6, 6.07) is 1.57. The van der Waals surface area contributed by atoms with E-state index in [1.165, 1.54) is 12.4 Å². The van der Waals surface area contributed by atoms with Crippen molar-refractivity contribution in [1.82, 2.24) is 15.6 Å². The highest BCUT2D eigenvalue weighted by molar-refractivity contribution is 5.99. The van der Waals surface area contributed by atoms with Crippen LogP contribution in [0.1, 0.15) is 53.8 Å². The average Bonchev–Trinajstić information content (AvgIpc) is 2.45. The van der Waals surface area contributed by atoms with Crippen LogP contribution in [0, 0.1) is 0 Å². The van der Waals surface area contributed by atoms with E-state index in [0.717, 1.165) is 19.3 Å². The summed E-state index contributed by atoms with van der Waals surface area (Å²) in [5.74, 6) is -0.386.